The summed E-state index contributed by atoms with van der Waals surface area (Å²) in [4.78, 5) is 11.9. The summed E-state index contributed by atoms with van der Waals surface area (Å²) in [5.74, 6) is -2.46. The van der Waals surface area contributed by atoms with Gasteiger partial charge in [0, 0.05) is 17.8 Å². The molecule has 3 aliphatic heterocycles. The molecule has 3 heterocycles. The third-order valence-electron chi connectivity index (χ3n) is 7.26. The molecular weight excluding hydrogens is 292 g/mol. The molecule has 0 aromatic rings. The Morgan fingerprint density at radius 1 is 1.32 bits per heavy atom. The van der Waals surface area contributed by atoms with Crippen molar-refractivity contribution in [3.8, 4) is 0 Å². The van der Waals surface area contributed by atoms with Crippen LogP contribution in [-0.2, 0) is 14.3 Å². The quantitative estimate of drug-likeness (QED) is 0.454. The van der Waals surface area contributed by atoms with Crippen molar-refractivity contribution in [1.82, 2.24) is 0 Å². The summed E-state index contributed by atoms with van der Waals surface area (Å²) in [7, 11) is 0. The number of aliphatic hydroxyl groups excluding tert-OH is 2. The molecule has 1 aliphatic carbocycles. The SMILES string of the molecule is C[C@@]1(O)[C@@](C)(CO)[C@]23O[C@@]1(O)C[C@]21CC(=O)OC[C@@H]1C[C@@H]3O. The minimum absolute atomic E-state index is 0.0166. The van der Waals surface area contributed by atoms with E-state index < -0.39 is 46.5 Å². The Bertz CT molecular complexity index is 562. The number of rotatable bonds is 1. The molecule has 4 rings (SSSR count). The first-order chi connectivity index (χ1) is 10.1. The van der Waals surface area contributed by atoms with Gasteiger partial charge in [-0.3, -0.25) is 4.79 Å². The fourth-order valence-electron chi connectivity index (χ4n) is 5.90. The van der Waals surface area contributed by atoms with Gasteiger partial charge in [-0.15, -0.1) is 0 Å². The maximum Gasteiger partial charge on any atom is 0.306 e. The predicted octanol–water partition coefficient (Wildman–Crippen LogP) is -1.09. The lowest BCUT2D eigenvalue weighted by molar-refractivity contribution is -0.259. The maximum atomic E-state index is 11.9. The van der Waals surface area contributed by atoms with Crippen LogP contribution in [0.2, 0.25) is 0 Å². The first kappa shape index (κ1) is 14.8. The molecule has 0 unspecified atom stereocenters. The van der Waals surface area contributed by atoms with Gasteiger partial charge in [0.2, 0.25) is 0 Å². The molecule has 7 atom stereocenters. The lowest BCUT2D eigenvalue weighted by Gasteiger charge is -2.57. The van der Waals surface area contributed by atoms with Crippen LogP contribution in [0.4, 0.5) is 0 Å². The van der Waals surface area contributed by atoms with E-state index in [0.717, 1.165) is 0 Å². The highest BCUT2D eigenvalue weighted by molar-refractivity contribution is 5.72. The van der Waals surface area contributed by atoms with Gasteiger partial charge in [-0.2, -0.15) is 0 Å². The lowest BCUT2D eigenvalue weighted by atomic mass is 9.47. The third kappa shape index (κ3) is 1.11. The number of esters is 1. The van der Waals surface area contributed by atoms with Crippen molar-refractivity contribution in [3.63, 3.8) is 0 Å². The fourth-order valence-corrected chi connectivity index (χ4v) is 5.90. The average Bonchev–Trinajstić information content (AvgIpc) is 2.88. The second-order valence-corrected chi connectivity index (χ2v) is 7.83. The number of hydrogen-bond donors (Lipinski definition) is 4. The van der Waals surface area contributed by atoms with Crippen molar-refractivity contribution in [2.45, 2.75) is 56.2 Å². The molecule has 2 bridgehead atoms. The minimum Gasteiger partial charge on any atom is -0.465 e. The molecule has 7 nitrogen and oxygen atoms in total. The fraction of sp³-hybridized carbons (Fsp3) is 0.933. The molecule has 0 amide bonds. The minimum atomic E-state index is -1.90. The van der Waals surface area contributed by atoms with E-state index in [0.29, 0.717) is 6.42 Å². The van der Waals surface area contributed by atoms with Gasteiger partial charge in [-0.1, -0.05) is 6.92 Å². The number of aliphatic hydroxyl groups is 4. The molecule has 124 valence electrons. The number of cyclic esters (lactones) is 1. The first-order valence-electron chi connectivity index (χ1n) is 7.70. The Labute approximate surface area is 127 Å². The summed E-state index contributed by atoms with van der Waals surface area (Å²) < 4.78 is 11.0. The summed E-state index contributed by atoms with van der Waals surface area (Å²) in [5.41, 5.74) is -5.22. The van der Waals surface area contributed by atoms with Crippen LogP contribution < -0.4 is 0 Å². The second-order valence-electron chi connectivity index (χ2n) is 7.83. The Balaban J connectivity index is 1.98. The van der Waals surface area contributed by atoms with Crippen molar-refractivity contribution in [2.24, 2.45) is 16.7 Å². The van der Waals surface area contributed by atoms with Crippen LogP contribution >= 0.6 is 0 Å². The van der Waals surface area contributed by atoms with Gasteiger partial charge >= 0.3 is 5.97 Å². The zero-order chi connectivity index (χ0) is 16.2. The van der Waals surface area contributed by atoms with Crippen molar-refractivity contribution in [1.29, 1.82) is 0 Å². The molecule has 4 aliphatic rings. The molecule has 22 heavy (non-hydrogen) atoms. The third-order valence-corrected chi connectivity index (χ3v) is 7.26. The van der Waals surface area contributed by atoms with Crippen molar-refractivity contribution in [2.75, 3.05) is 13.2 Å². The zero-order valence-corrected chi connectivity index (χ0v) is 12.7. The van der Waals surface area contributed by atoms with Gasteiger partial charge in [0.25, 0.3) is 0 Å². The lowest BCUT2D eigenvalue weighted by Crippen LogP contribution is -2.71. The van der Waals surface area contributed by atoms with E-state index in [1.54, 1.807) is 6.92 Å². The summed E-state index contributed by atoms with van der Waals surface area (Å²) in [6.07, 6.45) is -0.566. The highest BCUT2D eigenvalue weighted by atomic mass is 16.7. The standard InChI is InChI=1S/C15H22O7/c1-11(7-16)12(2,19)14(20)6-13-4-10(18)21-5-8(13)3-9(17)15(11,13)22-14/h8-9,16-17,19-20H,3-7H2,1-2H3/t8-,9-,11+,12+,13-,14-,15-/m0/s1. The smallest absolute Gasteiger partial charge is 0.306 e. The van der Waals surface area contributed by atoms with Crippen molar-refractivity contribution in [3.05, 3.63) is 0 Å². The molecule has 0 aromatic heterocycles. The summed E-state index contributed by atoms with van der Waals surface area (Å²) in [6.45, 7) is 2.73. The van der Waals surface area contributed by atoms with E-state index in [4.69, 9.17) is 9.47 Å². The normalized spacial score (nSPS) is 62.7. The Morgan fingerprint density at radius 2 is 2.00 bits per heavy atom. The van der Waals surface area contributed by atoms with Gasteiger partial charge in [-0.25, -0.2) is 0 Å². The predicted molar refractivity (Wildman–Crippen MR) is 71.3 cm³/mol. The number of carbonyl (C=O) groups is 1. The first-order valence-corrected chi connectivity index (χ1v) is 7.70. The summed E-state index contributed by atoms with van der Waals surface area (Å²) >= 11 is 0. The highest BCUT2D eigenvalue weighted by Crippen LogP contribution is 2.78. The van der Waals surface area contributed by atoms with Crippen LogP contribution in [0, 0.1) is 16.7 Å². The van der Waals surface area contributed by atoms with Crippen LogP contribution in [0.5, 0.6) is 0 Å². The topological polar surface area (TPSA) is 116 Å². The average molecular weight is 314 g/mol. The molecule has 4 fully saturated rings. The summed E-state index contributed by atoms with van der Waals surface area (Å²) in [5, 5.41) is 42.6. The summed E-state index contributed by atoms with van der Waals surface area (Å²) in [6, 6.07) is 0. The molecular formula is C15H22O7. The Morgan fingerprint density at radius 3 is 2.64 bits per heavy atom. The van der Waals surface area contributed by atoms with Gasteiger partial charge < -0.3 is 29.9 Å². The largest absolute Gasteiger partial charge is 0.465 e. The molecule has 0 aromatic carbocycles. The van der Waals surface area contributed by atoms with Crippen LogP contribution in [0.1, 0.15) is 33.1 Å². The van der Waals surface area contributed by atoms with E-state index in [9.17, 15) is 25.2 Å². The molecule has 7 heteroatoms. The van der Waals surface area contributed by atoms with E-state index in [-0.39, 0.29) is 25.4 Å². The molecule has 0 radical (unpaired) electrons. The Hall–Kier alpha value is -0.730. The monoisotopic (exact) mass is 314 g/mol. The Kier molecular flexibility index (Phi) is 2.48. The number of hydrogen-bond acceptors (Lipinski definition) is 7. The van der Waals surface area contributed by atoms with E-state index in [2.05, 4.69) is 0 Å². The molecule has 3 saturated heterocycles. The van der Waals surface area contributed by atoms with Crippen LogP contribution in [-0.4, -0.2) is 62.7 Å². The number of ether oxygens (including phenoxy) is 2. The highest BCUT2D eigenvalue weighted by Gasteiger charge is 2.91. The maximum absolute atomic E-state index is 11.9. The van der Waals surface area contributed by atoms with Gasteiger partial charge in [0.1, 0.15) is 11.2 Å². The van der Waals surface area contributed by atoms with Crippen molar-refractivity contribution < 1.29 is 34.7 Å². The van der Waals surface area contributed by atoms with Gasteiger partial charge in [-0.05, 0) is 13.3 Å². The van der Waals surface area contributed by atoms with Crippen LogP contribution in [0.25, 0.3) is 0 Å². The zero-order valence-electron chi connectivity index (χ0n) is 12.7. The van der Waals surface area contributed by atoms with E-state index in [1.165, 1.54) is 6.92 Å². The van der Waals surface area contributed by atoms with Crippen molar-refractivity contribution >= 4 is 5.97 Å². The number of carbonyl (C=O) groups excluding carboxylic acids is 1. The van der Waals surface area contributed by atoms with Crippen LogP contribution in [0.3, 0.4) is 0 Å². The van der Waals surface area contributed by atoms with Crippen LogP contribution in [0.15, 0.2) is 0 Å². The van der Waals surface area contributed by atoms with E-state index in [1.807, 2.05) is 0 Å². The molecule has 2 spiro atoms. The van der Waals surface area contributed by atoms with E-state index >= 15 is 0 Å². The molecule has 4 N–H and O–H groups in total. The second kappa shape index (κ2) is 3.67. The molecule has 1 saturated carbocycles. The van der Waals surface area contributed by atoms with Gasteiger partial charge in [0.15, 0.2) is 5.79 Å². The van der Waals surface area contributed by atoms with Gasteiger partial charge in [0.05, 0.1) is 31.2 Å². The number of fused-ring (bicyclic) bond motifs is 1.